The van der Waals surface area contributed by atoms with Crippen molar-refractivity contribution in [3.05, 3.63) is 21.3 Å². The fourth-order valence-corrected chi connectivity index (χ4v) is 3.53. The van der Waals surface area contributed by atoms with Crippen molar-refractivity contribution in [2.24, 2.45) is 11.7 Å². The predicted molar refractivity (Wildman–Crippen MR) is 92.4 cm³/mol. The quantitative estimate of drug-likeness (QED) is 0.566. The molecule has 0 unspecified atom stereocenters. The van der Waals surface area contributed by atoms with E-state index >= 15 is 0 Å². The molecule has 2 rings (SSSR count). The molecule has 1 aromatic heterocycles. The number of carbonyl (C=O) groups is 4. The van der Waals surface area contributed by atoms with Crippen molar-refractivity contribution in [3.63, 3.8) is 0 Å². The van der Waals surface area contributed by atoms with Crippen molar-refractivity contribution in [2.75, 3.05) is 19.7 Å². The van der Waals surface area contributed by atoms with Gasteiger partial charge in [-0.3, -0.25) is 19.2 Å². The van der Waals surface area contributed by atoms with Crippen molar-refractivity contribution in [2.45, 2.75) is 25.7 Å². The zero-order chi connectivity index (χ0) is 18.4. The molecule has 1 aromatic rings. The van der Waals surface area contributed by atoms with E-state index in [1.807, 2.05) is 0 Å². The van der Waals surface area contributed by atoms with E-state index in [9.17, 15) is 19.2 Å². The van der Waals surface area contributed by atoms with E-state index in [4.69, 9.17) is 22.1 Å². The summed E-state index contributed by atoms with van der Waals surface area (Å²) in [5.74, 6) is -1.66. The first kappa shape index (κ1) is 19.4. The number of hydrogen-bond donors (Lipinski definition) is 1. The fraction of sp³-hybridized carbons (Fsp3) is 0.500. The SMILES string of the molecule is NC(=O)C1CCN(C(=O)COC(=O)CCC(=O)c2ccc(Cl)s2)CC1. The van der Waals surface area contributed by atoms with Gasteiger partial charge in [-0.1, -0.05) is 11.6 Å². The first-order valence-electron chi connectivity index (χ1n) is 7.88. The summed E-state index contributed by atoms with van der Waals surface area (Å²) in [5.41, 5.74) is 5.24. The highest BCUT2D eigenvalue weighted by Gasteiger charge is 2.26. The van der Waals surface area contributed by atoms with Gasteiger partial charge in [0, 0.05) is 25.4 Å². The minimum Gasteiger partial charge on any atom is -0.456 e. The summed E-state index contributed by atoms with van der Waals surface area (Å²) >= 11 is 6.92. The number of primary amides is 1. The molecule has 0 aliphatic carbocycles. The molecular weight excluding hydrogens is 368 g/mol. The normalized spacial score (nSPS) is 15.0. The number of carbonyl (C=O) groups excluding carboxylic acids is 4. The van der Waals surface area contributed by atoms with Gasteiger partial charge < -0.3 is 15.4 Å². The minimum atomic E-state index is -0.601. The Hall–Kier alpha value is -1.93. The van der Waals surface area contributed by atoms with E-state index in [1.165, 1.54) is 0 Å². The maximum absolute atomic E-state index is 12.0. The van der Waals surface area contributed by atoms with Gasteiger partial charge in [-0.15, -0.1) is 11.3 Å². The Balaban J connectivity index is 1.67. The van der Waals surface area contributed by atoms with E-state index in [0.29, 0.717) is 35.1 Å². The first-order chi connectivity index (χ1) is 11.9. The Kier molecular flexibility index (Phi) is 6.95. The summed E-state index contributed by atoms with van der Waals surface area (Å²) in [5, 5.41) is 0. The zero-order valence-corrected chi connectivity index (χ0v) is 15.1. The molecule has 0 saturated carbocycles. The van der Waals surface area contributed by atoms with Crippen LogP contribution in [0.2, 0.25) is 4.34 Å². The van der Waals surface area contributed by atoms with Gasteiger partial charge in [-0.2, -0.15) is 0 Å². The third-order valence-corrected chi connectivity index (χ3v) is 5.28. The van der Waals surface area contributed by atoms with Gasteiger partial charge in [0.15, 0.2) is 12.4 Å². The molecule has 9 heteroatoms. The largest absolute Gasteiger partial charge is 0.456 e. The summed E-state index contributed by atoms with van der Waals surface area (Å²) in [6, 6.07) is 3.23. The van der Waals surface area contributed by atoms with Crippen LogP contribution in [0.15, 0.2) is 12.1 Å². The Labute approximate surface area is 154 Å². The van der Waals surface area contributed by atoms with Crippen LogP contribution in [0.5, 0.6) is 0 Å². The third-order valence-electron chi connectivity index (χ3n) is 4.01. The lowest BCUT2D eigenvalue weighted by Crippen LogP contribution is -2.43. The summed E-state index contributed by atoms with van der Waals surface area (Å²) < 4.78 is 5.44. The average Bonchev–Trinajstić information content (AvgIpc) is 3.04. The van der Waals surface area contributed by atoms with Crippen molar-refractivity contribution in [1.29, 1.82) is 0 Å². The summed E-state index contributed by atoms with van der Waals surface area (Å²) in [6.45, 7) is 0.475. The Morgan fingerprint density at radius 1 is 1.20 bits per heavy atom. The maximum atomic E-state index is 12.0. The molecule has 2 N–H and O–H groups in total. The number of piperidine rings is 1. The molecular formula is C16H19ClN2O5S. The van der Waals surface area contributed by atoms with Gasteiger partial charge >= 0.3 is 5.97 Å². The molecule has 0 radical (unpaired) electrons. The number of ketones is 1. The second kappa shape index (κ2) is 8.96. The van der Waals surface area contributed by atoms with Crippen LogP contribution < -0.4 is 5.73 Å². The third kappa shape index (κ3) is 5.82. The highest BCUT2D eigenvalue weighted by molar-refractivity contribution is 7.18. The molecule has 2 amide bonds. The number of amides is 2. The second-order valence-corrected chi connectivity index (χ2v) is 7.46. The number of halogens is 1. The number of Topliss-reactive ketones (excluding diaryl/α,β-unsaturated/α-hetero) is 1. The minimum absolute atomic E-state index is 0.00781. The summed E-state index contributed by atoms with van der Waals surface area (Å²) in [4.78, 5) is 48.7. The van der Waals surface area contributed by atoms with Gasteiger partial charge in [0.1, 0.15) is 0 Å². The number of nitrogens with two attached hydrogens (primary N) is 1. The lowest BCUT2D eigenvalue weighted by molar-refractivity contribution is -0.152. The van der Waals surface area contributed by atoms with Crippen LogP contribution >= 0.6 is 22.9 Å². The highest BCUT2D eigenvalue weighted by atomic mass is 35.5. The molecule has 1 fully saturated rings. The van der Waals surface area contributed by atoms with E-state index in [-0.39, 0.29) is 43.0 Å². The first-order valence-corrected chi connectivity index (χ1v) is 9.07. The second-order valence-electron chi connectivity index (χ2n) is 5.75. The van der Waals surface area contributed by atoms with Crippen LogP contribution in [0.1, 0.15) is 35.4 Å². The van der Waals surface area contributed by atoms with Gasteiger partial charge in [-0.05, 0) is 25.0 Å². The number of thiophene rings is 1. The monoisotopic (exact) mass is 386 g/mol. The Morgan fingerprint density at radius 3 is 2.44 bits per heavy atom. The van der Waals surface area contributed by atoms with Crippen LogP contribution in [0.25, 0.3) is 0 Å². The molecule has 7 nitrogen and oxygen atoms in total. The molecule has 0 spiro atoms. The van der Waals surface area contributed by atoms with Gasteiger partial charge in [0.25, 0.3) is 5.91 Å². The van der Waals surface area contributed by atoms with E-state index in [2.05, 4.69) is 0 Å². The van der Waals surface area contributed by atoms with Crippen LogP contribution in [0.4, 0.5) is 0 Å². The summed E-state index contributed by atoms with van der Waals surface area (Å²) in [7, 11) is 0. The van der Waals surface area contributed by atoms with E-state index < -0.39 is 5.97 Å². The molecule has 136 valence electrons. The molecule has 0 bridgehead atoms. The van der Waals surface area contributed by atoms with Gasteiger partial charge in [-0.25, -0.2) is 0 Å². The number of nitrogens with zero attached hydrogens (tertiary/aromatic N) is 1. The van der Waals surface area contributed by atoms with E-state index in [0.717, 1.165) is 11.3 Å². The lowest BCUT2D eigenvalue weighted by Gasteiger charge is -2.30. The molecule has 0 atom stereocenters. The van der Waals surface area contributed by atoms with Crippen LogP contribution in [-0.2, 0) is 19.1 Å². The zero-order valence-electron chi connectivity index (χ0n) is 13.5. The highest BCUT2D eigenvalue weighted by Crippen LogP contribution is 2.23. The van der Waals surface area contributed by atoms with Crippen molar-refractivity contribution < 1.29 is 23.9 Å². The molecule has 1 aliphatic heterocycles. The number of ether oxygens (including phenoxy) is 1. The standard InChI is InChI=1S/C16H19ClN2O5S/c17-13-3-2-12(25-13)11(20)1-4-15(22)24-9-14(21)19-7-5-10(6-8-19)16(18)23/h2-3,10H,1,4-9H2,(H2,18,23). The average molecular weight is 387 g/mol. The van der Waals surface area contributed by atoms with Gasteiger partial charge in [0.2, 0.25) is 5.91 Å². The van der Waals surface area contributed by atoms with Crippen molar-refractivity contribution in [1.82, 2.24) is 4.90 Å². The number of hydrogen-bond acceptors (Lipinski definition) is 6. The van der Waals surface area contributed by atoms with Crippen LogP contribution in [-0.4, -0.2) is 48.2 Å². The van der Waals surface area contributed by atoms with Gasteiger partial charge in [0.05, 0.1) is 15.6 Å². The maximum Gasteiger partial charge on any atom is 0.306 e. The number of rotatable bonds is 7. The smallest absolute Gasteiger partial charge is 0.306 e. The van der Waals surface area contributed by atoms with Crippen LogP contribution in [0, 0.1) is 5.92 Å². The fourth-order valence-electron chi connectivity index (χ4n) is 2.52. The molecule has 1 aliphatic rings. The molecule has 1 saturated heterocycles. The number of likely N-dealkylation sites (tertiary alicyclic amines) is 1. The number of esters is 1. The van der Waals surface area contributed by atoms with Crippen molar-refractivity contribution in [3.8, 4) is 0 Å². The molecule has 25 heavy (non-hydrogen) atoms. The predicted octanol–water partition coefficient (Wildman–Crippen LogP) is 1.63. The molecule has 0 aromatic carbocycles. The van der Waals surface area contributed by atoms with Crippen molar-refractivity contribution >= 4 is 46.5 Å². The topological polar surface area (TPSA) is 107 Å². The Morgan fingerprint density at radius 2 is 1.88 bits per heavy atom. The lowest BCUT2D eigenvalue weighted by atomic mass is 9.96. The Bertz CT molecular complexity index is 667. The van der Waals surface area contributed by atoms with E-state index in [1.54, 1.807) is 17.0 Å². The molecule has 2 heterocycles. The van der Waals surface area contributed by atoms with Crippen LogP contribution in [0.3, 0.4) is 0 Å². The summed E-state index contributed by atoms with van der Waals surface area (Å²) in [6.07, 6.45) is 0.957.